The van der Waals surface area contributed by atoms with Crippen molar-refractivity contribution in [1.29, 1.82) is 0 Å². The molecule has 0 spiro atoms. The molecule has 2 aliphatic heterocycles. The Hall–Kier alpha value is -2.02. The first kappa shape index (κ1) is 28.5. The van der Waals surface area contributed by atoms with Crippen LogP contribution >= 0.6 is 11.6 Å². The van der Waals surface area contributed by atoms with E-state index in [2.05, 4.69) is 4.74 Å². The SMILES string of the molecule is CCN(CCC(F)F)c1c(Cl)cccc1CN1CC2CN(C(=O)OC(C(F)(F)F)C(F)(F)F)CC2C1. The molecule has 1 aromatic rings. The van der Waals surface area contributed by atoms with Gasteiger partial charge in [-0.1, -0.05) is 23.7 Å². The summed E-state index contributed by atoms with van der Waals surface area (Å²) in [7, 11) is 0. The molecule has 1 amide bonds. The zero-order chi connectivity index (χ0) is 26.8. The molecule has 0 aromatic heterocycles. The van der Waals surface area contributed by atoms with Crippen LogP contribution in [0.3, 0.4) is 0 Å². The lowest BCUT2D eigenvalue weighted by Crippen LogP contribution is -2.48. The molecular formula is C22H26ClF8N3O2. The Bertz CT molecular complexity index is 886. The van der Waals surface area contributed by atoms with Crippen molar-refractivity contribution in [3.05, 3.63) is 28.8 Å². The normalized spacial score (nSPS) is 20.9. The summed E-state index contributed by atoms with van der Waals surface area (Å²) in [6.45, 7) is 3.67. The summed E-state index contributed by atoms with van der Waals surface area (Å²) in [6, 6.07) is 5.25. The summed E-state index contributed by atoms with van der Waals surface area (Å²) in [5.74, 6) is -0.312. The van der Waals surface area contributed by atoms with Crippen LogP contribution in [0.4, 0.5) is 45.6 Å². The lowest BCUT2D eigenvalue weighted by atomic mass is 10.0. The van der Waals surface area contributed by atoms with E-state index in [9.17, 15) is 39.9 Å². The number of hydrogen-bond donors (Lipinski definition) is 0. The monoisotopic (exact) mass is 551 g/mol. The number of ether oxygens (including phenoxy) is 1. The molecule has 14 heteroatoms. The highest BCUT2D eigenvalue weighted by Crippen LogP contribution is 2.38. The number of benzene rings is 1. The number of hydrogen-bond acceptors (Lipinski definition) is 4. The second-order valence-corrected chi connectivity index (χ2v) is 9.38. The Morgan fingerprint density at radius 3 is 2.17 bits per heavy atom. The molecule has 5 nitrogen and oxygen atoms in total. The Labute approximate surface area is 207 Å². The highest BCUT2D eigenvalue weighted by Gasteiger charge is 2.60. The average Bonchev–Trinajstić information content (AvgIpc) is 3.30. The van der Waals surface area contributed by atoms with E-state index in [4.69, 9.17) is 11.6 Å². The number of halogens is 9. The highest BCUT2D eigenvalue weighted by atomic mass is 35.5. The molecule has 2 aliphatic rings. The molecule has 2 unspecified atom stereocenters. The van der Waals surface area contributed by atoms with E-state index in [1.807, 2.05) is 17.9 Å². The van der Waals surface area contributed by atoms with Crippen molar-refractivity contribution in [3.8, 4) is 0 Å². The van der Waals surface area contributed by atoms with E-state index < -0.39 is 31.0 Å². The number of anilines is 1. The van der Waals surface area contributed by atoms with Crippen LogP contribution in [-0.2, 0) is 11.3 Å². The van der Waals surface area contributed by atoms with Gasteiger partial charge in [0.15, 0.2) is 0 Å². The van der Waals surface area contributed by atoms with Gasteiger partial charge in [0.1, 0.15) is 0 Å². The Morgan fingerprint density at radius 1 is 1.08 bits per heavy atom. The summed E-state index contributed by atoms with van der Waals surface area (Å²) in [6.07, 6.45) is -20.1. The molecule has 2 atom stereocenters. The predicted molar refractivity (Wildman–Crippen MR) is 116 cm³/mol. The molecule has 2 fully saturated rings. The van der Waals surface area contributed by atoms with Crippen molar-refractivity contribution in [1.82, 2.24) is 9.80 Å². The van der Waals surface area contributed by atoms with Gasteiger partial charge in [0, 0.05) is 52.2 Å². The number of para-hydroxylation sites is 1. The zero-order valence-corrected chi connectivity index (χ0v) is 20.0. The fraction of sp³-hybridized carbons (Fsp3) is 0.682. The first-order chi connectivity index (χ1) is 16.7. The number of amides is 1. The summed E-state index contributed by atoms with van der Waals surface area (Å²) < 4.78 is 106. The number of carbonyl (C=O) groups is 1. The van der Waals surface area contributed by atoms with Gasteiger partial charge in [-0.25, -0.2) is 13.6 Å². The van der Waals surface area contributed by atoms with Gasteiger partial charge in [-0.15, -0.1) is 0 Å². The van der Waals surface area contributed by atoms with E-state index in [0.29, 0.717) is 36.9 Å². The highest BCUT2D eigenvalue weighted by molar-refractivity contribution is 6.33. The second kappa shape index (κ2) is 11.2. The lowest BCUT2D eigenvalue weighted by Gasteiger charge is -2.29. The molecule has 0 N–H and O–H groups in total. The first-order valence-electron chi connectivity index (χ1n) is 11.3. The summed E-state index contributed by atoms with van der Waals surface area (Å²) in [5.41, 5.74) is 1.46. The largest absolute Gasteiger partial charge is 0.434 e. The van der Waals surface area contributed by atoms with E-state index in [1.54, 1.807) is 17.0 Å². The maximum absolute atomic E-state index is 12.8. The second-order valence-electron chi connectivity index (χ2n) is 8.97. The average molecular weight is 552 g/mol. The van der Waals surface area contributed by atoms with Crippen LogP contribution in [0.15, 0.2) is 18.2 Å². The van der Waals surface area contributed by atoms with Crippen LogP contribution in [0.1, 0.15) is 18.9 Å². The minimum Gasteiger partial charge on any atom is -0.426 e. The molecule has 36 heavy (non-hydrogen) atoms. The third-order valence-electron chi connectivity index (χ3n) is 6.41. The van der Waals surface area contributed by atoms with Gasteiger partial charge in [0.05, 0.1) is 10.7 Å². The van der Waals surface area contributed by atoms with Crippen LogP contribution in [-0.4, -0.2) is 80.0 Å². The van der Waals surface area contributed by atoms with Crippen molar-refractivity contribution >= 4 is 23.4 Å². The Kier molecular flexibility index (Phi) is 8.85. The van der Waals surface area contributed by atoms with Crippen molar-refractivity contribution < 1.29 is 44.7 Å². The van der Waals surface area contributed by atoms with Crippen LogP contribution in [0.5, 0.6) is 0 Å². The molecule has 0 radical (unpaired) electrons. The van der Waals surface area contributed by atoms with Crippen molar-refractivity contribution in [2.75, 3.05) is 44.2 Å². The number of alkyl halides is 8. The number of fused-ring (bicyclic) bond motifs is 1. The summed E-state index contributed by atoms with van der Waals surface area (Å²) >= 11 is 6.39. The number of nitrogens with zero attached hydrogens (tertiary/aromatic N) is 3. The fourth-order valence-electron chi connectivity index (χ4n) is 4.83. The third kappa shape index (κ3) is 6.84. The minimum absolute atomic E-state index is 0.0275. The number of carbonyl (C=O) groups excluding carboxylic acids is 1. The fourth-order valence-corrected chi connectivity index (χ4v) is 5.14. The first-order valence-corrected chi connectivity index (χ1v) is 11.7. The van der Waals surface area contributed by atoms with Crippen molar-refractivity contribution in [3.63, 3.8) is 0 Å². The van der Waals surface area contributed by atoms with E-state index in [1.165, 1.54) is 0 Å². The van der Waals surface area contributed by atoms with Crippen molar-refractivity contribution in [2.45, 2.75) is 44.8 Å². The molecule has 0 bridgehead atoms. The standard InChI is InChI=1S/C22H26ClF8N3O2/c1-2-33(7-6-17(24)25)18-13(4-3-5-16(18)23)8-32-9-14-11-34(12-15(14)10-32)20(35)36-19(21(26,27)28)22(29,30)31/h3-5,14-15,17,19H,2,6-12H2,1H3. The van der Waals surface area contributed by atoms with E-state index >= 15 is 0 Å². The van der Waals surface area contributed by atoms with Gasteiger partial charge < -0.3 is 14.5 Å². The molecule has 1 aromatic carbocycles. The maximum atomic E-state index is 12.8. The van der Waals surface area contributed by atoms with Gasteiger partial charge in [-0.2, -0.15) is 26.3 Å². The molecule has 0 saturated carbocycles. The summed E-state index contributed by atoms with van der Waals surface area (Å²) in [4.78, 5) is 16.8. The van der Waals surface area contributed by atoms with Gasteiger partial charge in [0.2, 0.25) is 6.43 Å². The Balaban J connectivity index is 1.62. The van der Waals surface area contributed by atoms with Gasteiger partial charge in [-0.3, -0.25) is 4.90 Å². The van der Waals surface area contributed by atoms with Crippen LogP contribution in [0, 0.1) is 11.8 Å². The van der Waals surface area contributed by atoms with Crippen molar-refractivity contribution in [2.24, 2.45) is 11.8 Å². The molecule has 2 saturated heterocycles. The molecule has 3 rings (SSSR count). The van der Waals surface area contributed by atoms with Gasteiger partial charge in [-0.05, 0) is 30.4 Å². The molecular weight excluding hydrogens is 526 g/mol. The van der Waals surface area contributed by atoms with Crippen LogP contribution in [0.25, 0.3) is 0 Å². The molecule has 204 valence electrons. The number of likely N-dealkylation sites (tertiary alicyclic amines) is 2. The van der Waals surface area contributed by atoms with Gasteiger partial charge >= 0.3 is 18.4 Å². The smallest absolute Gasteiger partial charge is 0.426 e. The number of rotatable bonds is 8. The maximum Gasteiger partial charge on any atom is 0.434 e. The lowest BCUT2D eigenvalue weighted by molar-refractivity contribution is -0.308. The molecule has 2 heterocycles. The van der Waals surface area contributed by atoms with E-state index in [-0.39, 0.29) is 37.9 Å². The topological polar surface area (TPSA) is 36.0 Å². The van der Waals surface area contributed by atoms with E-state index in [0.717, 1.165) is 10.5 Å². The minimum atomic E-state index is -5.77. The molecule has 0 aliphatic carbocycles. The zero-order valence-electron chi connectivity index (χ0n) is 19.3. The van der Waals surface area contributed by atoms with Crippen LogP contribution in [0.2, 0.25) is 5.02 Å². The van der Waals surface area contributed by atoms with Crippen LogP contribution < -0.4 is 4.90 Å². The Morgan fingerprint density at radius 2 is 1.67 bits per heavy atom. The van der Waals surface area contributed by atoms with Gasteiger partial charge in [0.25, 0.3) is 6.10 Å². The third-order valence-corrected chi connectivity index (χ3v) is 6.72. The summed E-state index contributed by atoms with van der Waals surface area (Å²) in [5, 5.41) is 0.417. The predicted octanol–water partition coefficient (Wildman–Crippen LogP) is 5.81. The quantitative estimate of drug-likeness (QED) is 0.382.